The highest BCUT2D eigenvalue weighted by Crippen LogP contribution is 2.34. The Balaban J connectivity index is 1.63. The van der Waals surface area contributed by atoms with Gasteiger partial charge in [0.2, 0.25) is 11.8 Å². The summed E-state index contributed by atoms with van der Waals surface area (Å²) in [6.45, 7) is 2.65. The Hall–Kier alpha value is -3.53. The van der Waals surface area contributed by atoms with Gasteiger partial charge in [0.25, 0.3) is 0 Å². The fourth-order valence-electron chi connectivity index (χ4n) is 2.73. The van der Waals surface area contributed by atoms with Crippen molar-refractivity contribution >= 4 is 23.2 Å². The molecule has 0 saturated heterocycles. The second-order valence-electron chi connectivity index (χ2n) is 5.99. The molecule has 2 aromatic rings. The summed E-state index contributed by atoms with van der Waals surface area (Å²) < 4.78 is 11.0. The van der Waals surface area contributed by atoms with Gasteiger partial charge in [0, 0.05) is 37.3 Å². The van der Waals surface area contributed by atoms with Crippen molar-refractivity contribution in [2.45, 2.75) is 13.3 Å². The molecule has 3 rings (SSSR count). The highest BCUT2D eigenvalue weighted by Gasteiger charge is 2.18. The van der Waals surface area contributed by atoms with Crippen molar-refractivity contribution in [2.75, 3.05) is 30.0 Å². The summed E-state index contributed by atoms with van der Waals surface area (Å²) in [6, 6.07) is 13.9. The number of hydrogen-bond donors (Lipinski definition) is 1. The third kappa shape index (κ3) is 4.55. The summed E-state index contributed by atoms with van der Waals surface area (Å²) in [5, 5.41) is 11.6. The first-order chi connectivity index (χ1) is 13.1. The van der Waals surface area contributed by atoms with Crippen molar-refractivity contribution in [1.82, 2.24) is 0 Å². The molecule has 0 spiro atoms. The van der Waals surface area contributed by atoms with Crippen molar-refractivity contribution in [2.24, 2.45) is 0 Å². The van der Waals surface area contributed by atoms with E-state index in [0.29, 0.717) is 41.7 Å². The molecule has 27 heavy (non-hydrogen) atoms. The van der Waals surface area contributed by atoms with E-state index < -0.39 is 0 Å². The van der Waals surface area contributed by atoms with E-state index in [2.05, 4.69) is 5.32 Å². The Labute approximate surface area is 157 Å². The van der Waals surface area contributed by atoms with Gasteiger partial charge in [0.1, 0.15) is 13.2 Å². The highest BCUT2D eigenvalue weighted by molar-refractivity contribution is 5.95. The maximum Gasteiger partial charge on any atom is 0.226 e. The van der Waals surface area contributed by atoms with Gasteiger partial charge in [-0.2, -0.15) is 5.26 Å². The van der Waals surface area contributed by atoms with Crippen LogP contribution in [0.3, 0.4) is 0 Å². The van der Waals surface area contributed by atoms with Crippen molar-refractivity contribution in [3.8, 4) is 17.6 Å². The highest BCUT2D eigenvalue weighted by atomic mass is 16.6. The summed E-state index contributed by atoms with van der Waals surface area (Å²) in [5.41, 5.74) is 1.78. The van der Waals surface area contributed by atoms with E-state index in [1.54, 1.807) is 42.5 Å². The number of amides is 2. The van der Waals surface area contributed by atoms with Crippen molar-refractivity contribution < 1.29 is 19.1 Å². The van der Waals surface area contributed by atoms with E-state index in [9.17, 15) is 9.59 Å². The zero-order valence-electron chi connectivity index (χ0n) is 14.9. The van der Waals surface area contributed by atoms with E-state index in [0.717, 1.165) is 0 Å². The molecule has 1 aliphatic heterocycles. The molecule has 1 aliphatic rings. The summed E-state index contributed by atoms with van der Waals surface area (Å²) in [4.78, 5) is 25.8. The van der Waals surface area contributed by atoms with Crippen LogP contribution < -0.4 is 19.7 Å². The van der Waals surface area contributed by atoms with E-state index in [1.165, 1.54) is 11.8 Å². The first-order valence-electron chi connectivity index (χ1n) is 8.54. The molecule has 0 saturated carbocycles. The third-order valence-electron chi connectivity index (χ3n) is 4.08. The summed E-state index contributed by atoms with van der Waals surface area (Å²) >= 11 is 0. The number of benzene rings is 2. The minimum atomic E-state index is -0.219. The molecule has 0 bridgehead atoms. The normalized spacial score (nSPS) is 12.0. The van der Waals surface area contributed by atoms with Gasteiger partial charge >= 0.3 is 0 Å². The molecule has 7 heteroatoms. The number of nitrogens with one attached hydrogen (secondary N) is 1. The maximum absolute atomic E-state index is 12.2. The lowest BCUT2D eigenvalue weighted by molar-refractivity contribution is -0.117. The lowest BCUT2D eigenvalue weighted by atomic mass is 10.2. The fraction of sp³-hybridized carbons (Fsp3) is 0.250. The van der Waals surface area contributed by atoms with Crippen LogP contribution in [0, 0.1) is 11.3 Å². The molecular formula is C20H19N3O4. The number of nitrogens with zero attached hydrogens (tertiary/aromatic N) is 2. The van der Waals surface area contributed by atoms with Gasteiger partial charge in [0.15, 0.2) is 11.5 Å². The molecule has 0 unspecified atom stereocenters. The zero-order chi connectivity index (χ0) is 19.2. The van der Waals surface area contributed by atoms with E-state index in [-0.39, 0.29) is 24.8 Å². The van der Waals surface area contributed by atoms with Crippen molar-refractivity contribution in [3.63, 3.8) is 0 Å². The molecule has 0 aromatic heterocycles. The van der Waals surface area contributed by atoms with Crippen LogP contribution in [0.4, 0.5) is 11.4 Å². The van der Waals surface area contributed by atoms with Crippen molar-refractivity contribution in [3.05, 3.63) is 48.0 Å². The van der Waals surface area contributed by atoms with Crippen LogP contribution in [0.2, 0.25) is 0 Å². The standard InChI is InChI=1S/C20H19N3O4/c1-14(24)23(17-6-7-18-19(12-17)27-11-10-26-18)9-8-20(25)22-16-4-2-15(13-21)3-5-16/h2-7,12H,8-11H2,1H3,(H,22,25). The van der Waals surface area contributed by atoms with Gasteiger partial charge in [-0.25, -0.2) is 0 Å². The largest absolute Gasteiger partial charge is 0.486 e. The molecule has 2 aromatic carbocycles. The monoisotopic (exact) mass is 365 g/mol. The van der Waals surface area contributed by atoms with Crippen LogP contribution in [0.5, 0.6) is 11.5 Å². The average molecular weight is 365 g/mol. The quantitative estimate of drug-likeness (QED) is 0.880. The van der Waals surface area contributed by atoms with E-state index >= 15 is 0 Å². The summed E-state index contributed by atoms with van der Waals surface area (Å²) in [7, 11) is 0. The average Bonchev–Trinajstić information content (AvgIpc) is 2.68. The van der Waals surface area contributed by atoms with Crippen LogP contribution in [0.25, 0.3) is 0 Å². The number of carbonyl (C=O) groups is 2. The number of anilines is 2. The van der Waals surface area contributed by atoms with Gasteiger partial charge in [-0.3, -0.25) is 9.59 Å². The third-order valence-corrected chi connectivity index (χ3v) is 4.08. The predicted molar refractivity (Wildman–Crippen MR) is 99.9 cm³/mol. The predicted octanol–water partition coefficient (Wildman–Crippen LogP) is 2.71. The van der Waals surface area contributed by atoms with E-state index in [4.69, 9.17) is 14.7 Å². The molecule has 2 amide bonds. The number of rotatable bonds is 5. The molecule has 7 nitrogen and oxygen atoms in total. The topological polar surface area (TPSA) is 91.7 Å². The minimum absolute atomic E-state index is 0.133. The second-order valence-corrected chi connectivity index (χ2v) is 5.99. The smallest absolute Gasteiger partial charge is 0.226 e. The van der Waals surface area contributed by atoms with Crippen LogP contribution >= 0.6 is 0 Å². The van der Waals surface area contributed by atoms with Gasteiger partial charge in [-0.15, -0.1) is 0 Å². The fourth-order valence-corrected chi connectivity index (χ4v) is 2.73. The minimum Gasteiger partial charge on any atom is -0.486 e. The lowest BCUT2D eigenvalue weighted by Crippen LogP contribution is -2.32. The molecule has 0 aliphatic carbocycles. The molecule has 1 N–H and O–H groups in total. The van der Waals surface area contributed by atoms with Crippen LogP contribution in [0.1, 0.15) is 18.9 Å². The Morgan fingerprint density at radius 2 is 1.81 bits per heavy atom. The second kappa shape index (κ2) is 8.23. The molecule has 138 valence electrons. The number of hydrogen-bond acceptors (Lipinski definition) is 5. The molecule has 0 fully saturated rings. The SMILES string of the molecule is CC(=O)N(CCC(=O)Nc1ccc(C#N)cc1)c1ccc2c(c1)OCCO2. The molecule has 0 atom stereocenters. The number of carbonyl (C=O) groups excluding carboxylic acids is 2. The number of ether oxygens (including phenoxy) is 2. The van der Waals surface area contributed by atoms with Gasteiger partial charge in [0.05, 0.1) is 11.6 Å². The molecule has 1 heterocycles. The van der Waals surface area contributed by atoms with Crippen LogP contribution in [-0.4, -0.2) is 31.6 Å². The summed E-state index contributed by atoms with van der Waals surface area (Å²) in [6.07, 6.45) is 0.133. The Morgan fingerprint density at radius 1 is 1.11 bits per heavy atom. The Kier molecular flexibility index (Phi) is 5.57. The number of nitriles is 1. The molecular weight excluding hydrogens is 346 g/mol. The van der Waals surface area contributed by atoms with Gasteiger partial charge < -0.3 is 19.7 Å². The number of fused-ring (bicyclic) bond motifs is 1. The summed E-state index contributed by atoms with van der Waals surface area (Å²) in [5.74, 6) is 0.848. The molecule has 0 radical (unpaired) electrons. The van der Waals surface area contributed by atoms with Crippen LogP contribution in [0.15, 0.2) is 42.5 Å². The Bertz CT molecular complexity index is 887. The lowest BCUT2D eigenvalue weighted by Gasteiger charge is -2.24. The zero-order valence-corrected chi connectivity index (χ0v) is 14.9. The maximum atomic E-state index is 12.2. The van der Waals surface area contributed by atoms with Crippen LogP contribution in [-0.2, 0) is 9.59 Å². The Morgan fingerprint density at radius 3 is 2.48 bits per heavy atom. The first kappa shape index (κ1) is 18.3. The van der Waals surface area contributed by atoms with Gasteiger partial charge in [-0.1, -0.05) is 0 Å². The first-order valence-corrected chi connectivity index (χ1v) is 8.54. The van der Waals surface area contributed by atoms with Crippen molar-refractivity contribution in [1.29, 1.82) is 5.26 Å². The van der Waals surface area contributed by atoms with Gasteiger partial charge in [-0.05, 0) is 36.4 Å². The van der Waals surface area contributed by atoms with E-state index in [1.807, 2.05) is 6.07 Å².